The topological polar surface area (TPSA) is 51.8 Å². The monoisotopic (exact) mass is 561 g/mol. The van der Waals surface area contributed by atoms with Gasteiger partial charge in [0.15, 0.2) is 17.5 Å². The fourth-order valence-corrected chi connectivity index (χ4v) is 5.00. The molecule has 43 heavy (non-hydrogen) atoms. The van der Waals surface area contributed by atoms with Gasteiger partial charge in [0.2, 0.25) is 0 Å². The average molecular weight is 562 g/mol. The summed E-state index contributed by atoms with van der Waals surface area (Å²) < 4.78 is 87.9. The second-order valence-electron chi connectivity index (χ2n) is 9.77. The van der Waals surface area contributed by atoms with E-state index in [4.69, 9.17) is 33.1 Å². The summed E-state index contributed by atoms with van der Waals surface area (Å²) in [6.45, 7) is 0. The SMILES string of the molecule is [2H]c1c([2H])c([2H])c(-c2ccc(-c3nc(-c4ccccc4)nc(-c4ccc5oc6cc(-c7c([2H])c([2H])c([2H])c([2H])c7[2H])ccc6c5c4)n3)cc2)c([2H])c1[2H]. The molecule has 0 amide bonds. The molecule has 2 heterocycles. The quantitative estimate of drug-likeness (QED) is 0.210. The third kappa shape index (κ3) is 4.75. The van der Waals surface area contributed by atoms with Gasteiger partial charge in [-0.25, -0.2) is 15.0 Å². The second kappa shape index (κ2) is 10.5. The lowest BCUT2D eigenvalue weighted by Crippen LogP contribution is -2.00. The van der Waals surface area contributed by atoms with Crippen LogP contribution >= 0.6 is 0 Å². The lowest BCUT2D eigenvalue weighted by molar-refractivity contribution is 0.669. The van der Waals surface area contributed by atoms with Crippen LogP contribution in [0.3, 0.4) is 0 Å². The molecule has 4 nitrogen and oxygen atoms in total. The first-order valence-corrected chi connectivity index (χ1v) is 13.5. The maximum Gasteiger partial charge on any atom is 0.164 e. The summed E-state index contributed by atoms with van der Waals surface area (Å²) in [5, 5.41) is 1.51. The Morgan fingerprint density at radius 1 is 0.395 bits per heavy atom. The third-order valence-electron chi connectivity index (χ3n) is 7.12. The first-order valence-electron chi connectivity index (χ1n) is 18.5. The van der Waals surface area contributed by atoms with Gasteiger partial charge in [-0.05, 0) is 52.6 Å². The van der Waals surface area contributed by atoms with E-state index in [2.05, 4.69) is 0 Å². The summed E-state index contributed by atoms with van der Waals surface area (Å²) in [6.07, 6.45) is 0. The normalized spacial score (nSPS) is 14.5. The minimum Gasteiger partial charge on any atom is -0.456 e. The molecule has 0 aliphatic rings. The molecule has 0 N–H and O–H groups in total. The van der Waals surface area contributed by atoms with Crippen LogP contribution in [-0.4, -0.2) is 15.0 Å². The molecule has 0 atom stereocenters. The molecular formula is C39H25N3O. The predicted octanol–water partition coefficient (Wildman–Crippen LogP) is 10.1. The van der Waals surface area contributed by atoms with Gasteiger partial charge in [-0.15, -0.1) is 0 Å². The van der Waals surface area contributed by atoms with Gasteiger partial charge >= 0.3 is 0 Å². The number of benzene rings is 6. The number of fused-ring (bicyclic) bond motifs is 3. The van der Waals surface area contributed by atoms with Crippen molar-refractivity contribution in [3.63, 3.8) is 0 Å². The van der Waals surface area contributed by atoms with Gasteiger partial charge in [0, 0.05) is 27.5 Å². The van der Waals surface area contributed by atoms with Crippen molar-refractivity contribution in [1.29, 1.82) is 0 Å². The molecule has 0 bridgehead atoms. The van der Waals surface area contributed by atoms with E-state index < -0.39 is 36.3 Å². The lowest BCUT2D eigenvalue weighted by Gasteiger charge is -2.09. The van der Waals surface area contributed by atoms with Crippen LogP contribution < -0.4 is 0 Å². The molecule has 0 aliphatic carbocycles. The summed E-state index contributed by atoms with van der Waals surface area (Å²) in [7, 11) is 0. The molecule has 6 aromatic carbocycles. The molecule has 0 spiro atoms. The summed E-state index contributed by atoms with van der Waals surface area (Å²) in [5.41, 5.74) is 4.18. The van der Waals surface area contributed by atoms with E-state index in [0.29, 0.717) is 50.9 Å². The maximum atomic E-state index is 8.40. The summed E-state index contributed by atoms with van der Waals surface area (Å²) in [6, 6.07) is 23.3. The molecule has 0 unspecified atom stereocenters. The van der Waals surface area contributed by atoms with Crippen molar-refractivity contribution in [2.45, 2.75) is 0 Å². The molecule has 8 rings (SSSR count). The number of aromatic nitrogens is 3. The highest BCUT2D eigenvalue weighted by Gasteiger charge is 2.15. The van der Waals surface area contributed by atoms with Gasteiger partial charge in [-0.2, -0.15) is 0 Å². The van der Waals surface area contributed by atoms with Gasteiger partial charge in [0.05, 0.1) is 13.7 Å². The Balaban J connectivity index is 1.23. The Kier molecular flexibility index (Phi) is 4.04. The lowest BCUT2D eigenvalue weighted by atomic mass is 10.0. The third-order valence-corrected chi connectivity index (χ3v) is 7.12. The molecule has 0 radical (unpaired) electrons. The highest BCUT2D eigenvalue weighted by Crippen LogP contribution is 2.35. The average Bonchev–Trinajstić information content (AvgIpc) is 3.55. The largest absolute Gasteiger partial charge is 0.456 e. The highest BCUT2D eigenvalue weighted by molar-refractivity contribution is 6.07. The smallest absolute Gasteiger partial charge is 0.164 e. The summed E-state index contributed by atoms with van der Waals surface area (Å²) in [5.74, 6) is 1.18. The Hall–Kier alpha value is -5.87. The minimum atomic E-state index is -0.455. The van der Waals surface area contributed by atoms with Gasteiger partial charge in [0.1, 0.15) is 11.2 Å². The summed E-state index contributed by atoms with van der Waals surface area (Å²) >= 11 is 0. The van der Waals surface area contributed by atoms with Crippen molar-refractivity contribution < 1.29 is 18.1 Å². The molecule has 4 heteroatoms. The zero-order valence-electron chi connectivity index (χ0n) is 32.4. The molecule has 0 saturated heterocycles. The van der Waals surface area contributed by atoms with Crippen molar-refractivity contribution in [3.05, 3.63) is 151 Å². The first-order chi connectivity index (χ1) is 25.4. The van der Waals surface area contributed by atoms with E-state index >= 15 is 0 Å². The van der Waals surface area contributed by atoms with Crippen LogP contribution in [0.4, 0.5) is 0 Å². The van der Waals surface area contributed by atoms with Crippen molar-refractivity contribution in [1.82, 2.24) is 15.0 Å². The first kappa shape index (κ1) is 16.5. The molecule has 0 aliphatic heterocycles. The van der Waals surface area contributed by atoms with Gasteiger partial charge < -0.3 is 4.42 Å². The van der Waals surface area contributed by atoms with Crippen LogP contribution in [0.25, 0.3) is 78.4 Å². The van der Waals surface area contributed by atoms with Gasteiger partial charge in [-0.1, -0.05) is 121 Å². The fraction of sp³-hybridized carbons (Fsp3) is 0. The highest BCUT2D eigenvalue weighted by atomic mass is 16.3. The Morgan fingerprint density at radius 2 is 0.930 bits per heavy atom. The van der Waals surface area contributed by atoms with Crippen molar-refractivity contribution in [2.24, 2.45) is 0 Å². The van der Waals surface area contributed by atoms with Gasteiger partial charge in [-0.3, -0.25) is 0 Å². The zero-order valence-corrected chi connectivity index (χ0v) is 22.4. The van der Waals surface area contributed by atoms with Crippen molar-refractivity contribution in [3.8, 4) is 56.4 Å². The Bertz CT molecular complexity index is 2730. The standard InChI is InChI=1S/C39H25N3O/c1-4-10-26(11-5-1)28-16-18-30(19-17-28)38-40-37(29-14-8-3-9-15-29)41-39(42-38)32-21-23-35-34(24-32)33-22-20-31(25-36(33)43-35)27-12-6-2-7-13-27/h1-25H/i1D,2D,4D,5D,6D,7D,10D,11D,12D,13D. The van der Waals surface area contributed by atoms with Gasteiger partial charge in [0.25, 0.3) is 0 Å². The molecule has 202 valence electrons. The second-order valence-corrected chi connectivity index (χ2v) is 9.77. The number of furan rings is 1. The van der Waals surface area contributed by atoms with Crippen LogP contribution in [0, 0.1) is 0 Å². The molecule has 8 aromatic rings. The number of nitrogens with zero attached hydrogens (tertiary/aromatic N) is 3. The van der Waals surface area contributed by atoms with E-state index in [1.165, 1.54) is 0 Å². The number of hydrogen-bond donors (Lipinski definition) is 0. The van der Waals surface area contributed by atoms with Crippen LogP contribution in [0.1, 0.15) is 13.7 Å². The van der Waals surface area contributed by atoms with Crippen LogP contribution in [-0.2, 0) is 0 Å². The molecule has 0 saturated carbocycles. The van der Waals surface area contributed by atoms with Crippen LogP contribution in [0.5, 0.6) is 0 Å². The van der Waals surface area contributed by atoms with Crippen LogP contribution in [0.15, 0.2) is 156 Å². The Morgan fingerprint density at radius 3 is 1.60 bits per heavy atom. The fourth-order valence-electron chi connectivity index (χ4n) is 5.00. The van der Waals surface area contributed by atoms with Crippen molar-refractivity contribution in [2.75, 3.05) is 0 Å². The predicted molar refractivity (Wildman–Crippen MR) is 174 cm³/mol. The van der Waals surface area contributed by atoms with E-state index in [1.807, 2.05) is 42.5 Å². The number of rotatable bonds is 5. The summed E-state index contributed by atoms with van der Waals surface area (Å²) in [4.78, 5) is 14.5. The minimum absolute atomic E-state index is 0.0894. The maximum absolute atomic E-state index is 8.40. The van der Waals surface area contributed by atoms with E-state index in [0.717, 1.165) is 16.3 Å². The van der Waals surface area contributed by atoms with Crippen LogP contribution in [0.2, 0.25) is 0 Å². The molecule has 0 fully saturated rings. The zero-order chi connectivity index (χ0) is 37.3. The van der Waals surface area contributed by atoms with E-state index in [-0.39, 0.29) is 35.3 Å². The van der Waals surface area contributed by atoms with E-state index in [9.17, 15) is 0 Å². The van der Waals surface area contributed by atoms with E-state index in [1.54, 1.807) is 48.5 Å². The molecule has 2 aromatic heterocycles. The number of hydrogen-bond acceptors (Lipinski definition) is 4. The Labute approximate surface area is 263 Å². The molecular weight excluding hydrogens is 526 g/mol. The van der Waals surface area contributed by atoms with Crippen molar-refractivity contribution >= 4 is 21.9 Å².